The summed E-state index contributed by atoms with van der Waals surface area (Å²) in [5.41, 5.74) is 0. The quantitative estimate of drug-likeness (QED) is 0.731. The lowest BCUT2D eigenvalue weighted by Gasteiger charge is -2.24. The third-order valence-electron chi connectivity index (χ3n) is 1.87. The van der Waals surface area contributed by atoms with Crippen LogP contribution < -0.4 is 0 Å². The van der Waals surface area contributed by atoms with Gasteiger partial charge >= 0.3 is 5.97 Å². The number of carboxylic acid groups (broad SMARTS) is 1. The van der Waals surface area contributed by atoms with Crippen molar-refractivity contribution in [2.45, 2.75) is 25.1 Å². The van der Waals surface area contributed by atoms with Crippen LogP contribution in [0.4, 0.5) is 0 Å². The first-order chi connectivity index (χ1) is 6.41. The topological polar surface area (TPSA) is 57.6 Å². The third-order valence-corrected chi connectivity index (χ3v) is 4.00. The molecule has 0 fully saturated rings. The first-order valence-electron chi connectivity index (χ1n) is 4.10. The van der Waals surface area contributed by atoms with Gasteiger partial charge in [-0.2, -0.15) is 0 Å². The molecular weight excluding hydrogens is 222 g/mol. The van der Waals surface area contributed by atoms with E-state index in [9.17, 15) is 9.59 Å². The number of carbonyl (C=O) groups excluding carboxylic acids is 1. The van der Waals surface area contributed by atoms with E-state index >= 15 is 0 Å². The third kappa shape index (κ3) is 3.79. The molecule has 6 heteroatoms. The van der Waals surface area contributed by atoms with Gasteiger partial charge in [-0.25, -0.2) is 4.79 Å². The van der Waals surface area contributed by atoms with Crippen molar-refractivity contribution in [1.82, 2.24) is 4.90 Å². The lowest BCUT2D eigenvalue weighted by Crippen LogP contribution is -2.43. The summed E-state index contributed by atoms with van der Waals surface area (Å²) >= 11 is 0. The molecule has 0 saturated heterocycles. The molecule has 0 aromatic heterocycles. The van der Waals surface area contributed by atoms with Crippen molar-refractivity contribution in [3.05, 3.63) is 0 Å². The number of hydrogen-bond donors (Lipinski definition) is 1. The Bertz CT molecular complexity index is 223. The van der Waals surface area contributed by atoms with Gasteiger partial charge in [0.25, 0.3) is 0 Å². The monoisotopic (exact) mass is 237 g/mol. The second-order valence-corrected chi connectivity index (χ2v) is 5.68. The molecular formula is C8H15NO3S2. The van der Waals surface area contributed by atoms with Crippen LogP contribution >= 0.6 is 21.6 Å². The Morgan fingerprint density at radius 1 is 1.36 bits per heavy atom. The predicted octanol–water partition coefficient (Wildman–Crippen LogP) is 1.32. The molecule has 0 aliphatic heterocycles. The number of amides is 1. The number of aliphatic carboxylic acids is 1. The van der Waals surface area contributed by atoms with Crippen molar-refractivity contribution in [2.75, 3.05) is 13.3 Å². The van der Waals surface area contributed by atoms with Crippen molar-refractivity contribution in [3.8, 4) is 0 Å². The van der Waals surface area contributed by atoms with E-state index in [4.69, 9.17) is 5.11 Å². The second-order valence-electron chi connectivity index (χ2n) is 2.87. The summed E-state index contributed by atoms with van der Waals surface area (Å²) in [5, 5.41) is 8.50. The van der Waals surface area contributed by atoms with Gasteiger partial charge in [0.15, 0.2) is 0 Å². The molecule has 0 aromatic carbocycles. The smallest absolute Gasteiger partial charge is 0.326 e. The fourth-order valence-electron chi connectivity index (χ4n) is 0.829. The number of carboxylic acids is 1. The van der Waals surface area contributed by atoms with Crippen LogP contribution in [-0.2, 0) is 9.59 Å². The van der Waals surface area contributed by atoms with Crippen LogP contribution in [0.25, 0.3) is 0 Å². The standard InChI is InChI=1S/C8H15NO3S2/c1-5(8(11)12)9(3)7(10)6(2)14-13-4/h5-6H,1-4H3,(H,11,12)/t5-,6?/m0/s1. The molecule has 1 amide bonds. The largest absolute Gasteiger partial charge is 0.480 e. The SMILES string of the molecule is CSSC(C)C(=O)N(C)[C@@H](C)C(=O)O. The molecule has 0 rings (SSSR count). The molecule has 0 saturated carbocycles. The van der Waals surface area contributed by atoms with Gasteiger partial charge in [0.05, 0.1) is 5.25 Å². The average Bonchev–Trinajstić information content (AvgIpc) is 2.14. The first-order valence-corrected chi connectivity index (χ1v) is 6.72. The number of carbonyl (C=O) groups is 2. The molecule has 0 spiro atoms. The molecule has 0 aromatic rings. The average molecular weight is 237 g/mol. The second kappa shape index (κ2) is 6.19. The van der Waals surface area contributed by atoms with Crippen LogP contribution in [0.5, 0.6) is 0 Å². The zero-order valence-electron chi connectivity index (χ0n) is 8.68. The van der Waals surface area contributed by atoms with Gasteiger partial charge in [-0.1, -0.05) is 21.6 Å². The van der Waals surface area contributed by atoms with Gasteiger partial charge in [-0.15, -0.1) is 0 Å². The minimum Gasteiger partial charge on any atom is -0.480 e. The van der Waals surface area contributed by atoms with Crippen molar-refractivity contribution in [1.29, 1.82) is 0 Å². The van der Waals surface area contributed by atoms with Crippen LogP contribution in [0.2, 0.25) is 0 Å². The van der Waals surface area contributed by atoms with E-state index < -0.39 is 12.0 Å². The molecule has 0 heterocycles. The summed E-state index contributed by atoms with van der Waals surface area (Å²) in [6.07, 6.45) is 1.88. The van der Waals surface area contributed by atoms with Gasteiger partial charge in [-0.3, -0.25) is 4.79 Å². The van der Waals surface area contributed by atoms with E-state index in [0.717, 1.165) is 0 Å². The number of nitrogens with zero attached hydrogens (tertiary/aromatic N) is 1. The summed E-state index contributed by atoms with van der Waals surface area (Å²) in [6, 6.07) is -0.771. The zero-order valence-corrected chi connectivity index (χ0v) is 10.3. The van der Waals surface area contributed by atoms with Crippen molar-refractivity contribution >= 4 is 33.5 Å². The fourth-order valence-corrected chi connectivity index (χ4v) is 2.48. The predicted molar refractivity (Wildman–Crippen MR) is 60.4 cm³/mol. The molecule has 82 valence electrons. The van der Waals surface area contributed by atoms with E-state index in [2.05, 4.69) is 0 Å². The lowest BCUT2D eigenvalue weighted by molar-refractivity contribution is -0.147. The Labute approximate surface area is 91.8 Å². The van der Waals surface area contributed by atoms with Gasteiger partial charge in [0.1, 0.15) is 6.04 Å². The van der Waals surface area contributed by atoms with E-state index in [1.54, 1.807) is 6.92 Å². The molecule has 0 bridgehead atoms. The van der Waals surface area contributed by atoms with Crippen molar-refractivity contribution in [2.24, 2.45) is 0 Å². The molecule has 0 radical (unpaired) electrons. The number of hydrogen-bond acceptors (Lipinski definition) is 4. The van der Waals surface area contributed by atoms with Gasteiger partial charge in [0.2, 0.25) is 5.91 Å². The minimum atomic E-state index is -0.984. The van der Waals surface area contributed by atoms with Gasteiger partial charge in [0, 0.05) is 7.05 Å². The van der Waals surface area contributed by atoms with E-state index in [0.29, 0.717) is 0 Å². The summed E-state index contributed by atoms with van der Waals surface area (Å²) in [5.74, 6) is -1.14. The van der Waals surface area contributed by atoms with Gasteiger partial charge < -0.3 is 10.0 Å². The van der Waals surface area contributed by atoms with E-state index in [1.807, 2.05) is 6.26 Å². The van der Waals surface area contributed by atoms with E-state index in [-0.39, 0.29) is 11.2 Å². The Balaban J connectivity index is 4.30. The van der Waals surface area contributed by atoms with Crippen LogP contribution in [0.1, 0.15) is 13.8 Å². The Hall–Kier alpha value is -0.360. The normalized spacial score (nSPS) is 14.6. The Kier molecular flexibility index (Phi) is 6.03. The molecule has 14 heavy (non-hydrogen) atoms. The summed E-state index contributed by atoms with van der Waals surface area (Å²) in [7, 11) is 4.44. The molecule has 4 nitrogen and oxygen atoms in total. The van der Waals surface area contributed by atoms with Crippen LogP contribution in [0.15, 0.2) is 0 Å². The maximum atomic E-state index is 11.6. The zero-order chi connectivity index (χ0) is 11.3. The Morgan fingerprint density at radius 3 is 2.21 bits per heavy atom. The number of likely N-dealkylation sites (N-methyl/N-ethyl adjacent to an activating group) is 1. The van der Waals surface area contributed by atoms with Crippen LogP contribution in [-0.4, -0.2) is 46.5 Å². The number of rotatable bonds is 5. The summed E-state index contributed by atoms with van der Waals surface area (Å²) < 4.78 is 0. The highest BCUT2D eigenvalue weighted by Gasteiger charge is 2.25. The molecule has 1 N–H and O–H groups in total. The highest BCUT2D eigenvalue weighted by molar-refractivity contribution is 8.76. The summed E-state index contributed by atoms with van der Waals surface area (Å²) in [4.78, 5) is 23.5. The maximum absolute atomic E-state index is 11.6. The van der Waals surface area contributed by atoms with E-state index in [1.165, 1.54) is 40.5 Å². The fraction of sp³-hybridized carbons (Fsp3) is 0.750. The maximum Gasteiger partial charge on any atom is 0.326 e. The van der Waals surface area contributed by atoms with Crippen LogP contribution in [0, 0.1) is 0 Å². The lowest BCUT2D eigenvalue weighted by atomic mass is 10.3. The van der Waals surface area contributed by atoms with Crippen molar-refractivity contribution in [3.63, 3.8) is 0 Å². The van der Waals surface area contributed by atoms with Crippen molar-refractivity contribution < 1.29 is 14.7 Å². The first kappa shape index (κ1) is 13.6. The summed E-state index contributed by atoms with van der Waals surface area (Å²) in [6.45, 7) is 3.27. The van der Waals surface area contributed by atoms with Crippen LogP contribution in [0.3, 0.4) is 0 Å². The molecule has 0 aliphatic carbocycles. The molecule has 1 unspecified atom stereocenters. The molecule has 0 aliphatic rings. The van der Waals surface area contributed by atoms with Gasteiger partial charge in [-0.05, 0) is 20.1 Å². The molecule has 2 atom stereocenters. The highest BCUT2D eigenvalue weighted by Crippen LogP contribution is 2.24. The Morgan fingerprint density at radius 2 is 1.86 bits per heavy atom. The highest BCUT2D eigenvalue weighted by atomic mass is 33.1. The minimum absolute atomic E-state index is 0.153.